The molecule has 0 saturated heterocycles. The molecule has 2 rings (SSSR count). The Kier molecular flexibility index (Phi) is 1.59. The van der Waals surface area contributed by atoms with Gasteiger partial charge < -0.3 is 0 Å². The summed E-state index contributed by atoms with van der Waals surface area (Å²) in [5, 5.41) is 12.7. The molecule has 12 heavy (non-hydrogen) atoms. The molecule has 0 N–H and O–H groups in total. The van der Waals surface area contributed by atoms with Crippen LogP contribution in [0.25, 0.3) is 5.52 Å². The molecule has 0 bridgehead atoms. The van der Waals surface area contributed by atoms with Crippen LogP contribution in [0.4, 0.5) is 0 Å². The fourth-order valence-electron chi connectivity index (χ4n) is 1.06. The molecule has 0 fully saturated rings. The molecule has 2 aromatic heterocycles. The molecule has 0 atom stereocenters. The van der Waals surface area contributed by atoms with Gasteiger partial charge in [0.15, 0.2) is 0 Å². The van der Waals surface area contributed by atoms with Crippen LogP contribution in [-0.2, 0) is 0 Å². The van der Waals surface area contributed by atoms with Gasteiger partial charge >= 0.3 is 0 Å². The Bertz CT molecular complexity index is 467. The zero-order valence-electron chi connectivity index (χ0n) is 6.03. The van der Waals surface area contributed by atoms with Crippen molar-refractivity contribution >= 4 is 21.4 Å². The summed E-state index contributed by atoms with van der Waals surface area (Å²) in [5.74, 6) is 0. The van der Waals surface area contributed by atoms with E-state index in [1.54, 1.807) is 10.7 Å². The lowest BCUT2D eigenvalue weighted by Gasteiger charge is -1.94. The Hall–Kier alpha value is -1.34. The van der Waals surface area contributed by atoms with Crippen LogP contribution in [-0.4, -0.2) is 9.61 Å². The van der Waals surface area contributed by atoms with Crippen LogP contribution in [0.15, 0.2) is 29.0 Å². The first kappa shape index (κ1) is 7.32. The summed E-state index contributed by atoms with van der Waals surface area (Å²) in [6.45, 7) is 0. The Morgan fingerprint density at radius 1 is 1.50 bits per heavy atom. The van der Waals surface area contributed by atoms with Crippen molar-refractivity contribution in [3.05, 3.63) is 34.6 Å². The summed E-state index contributed by atoms with van der Waals surface area (Å²) in [4.78, 5) is 0. The van der Waals surface area contributed by atoms with Crippen molar-refractivity contribution in [2.24, 2.45) is 0 Å². The topological polar surface area (TPSA) is 41.1 Å². The molecule has 0 aromatic carbocycles. The normalized spacial score (nSPS) is 10.0. The lowest BCUT2D eigenvalue weighted by Crippen LogP contribution is -1.87. The number of hydrogen-bond donors (Lipinski definition) is 0. The summed E-state index contributed by atoms with van der Waals surface area (Å²) >= 11 is 3.33. The second-order valence-electron chi connectivity index (χ2n) is 2.32. The van der Waals surface area contributed by atoms with Gasteiger partial charge in [-0.25, -0.2) is 4.52 Å². The molecule has 0 radical (unpaired) electrons. The van der Waals surface area contributed by atoms with E-state index < -0.39 is 0 Å². The second kappa shape index (κ2) is 2.61. The molecule has 4 heteroatoms. The molecule has 0 aliphatic heterocycles. The standard InChI is InChI=1S/C8H4BrN3/c9-8-3-1-2-7-6(4-10)5-11-12(7)8/h1-3,5H. The van der Waals surface area contributed by atoms with E-state index in [0.717, 1.165) is 10.1 Å². The maximum Gasteiger partial charge on any atom is 0.108 e. The van der Waals surface area contributed by atoms with E-state index in [1.807, 2.05) is 18.2 Å². The van der Waals surface area contributed by atoms with Crippen molar-refractivity contribution in [2.75, 3.05) is 0 Å². The van der Waals surface area contributed by atoms with E-state index in [0.29, 0.717) is 5.56 Å². The molecule has 2 aromatic rings. The number of aromatic nitrogens is 2. The van der Waals surface area contributed by atoms with E-state index in [1.165, 1.54) is 0 Å². The predicted molar refractivity (Wildman–Crippen MR) is 47.6 cm³/mol. The first-order chi connectivity index (χ1) is 5.83. The van der Waals surface area contributed by atoms with Crippen molar-refractivity contribution in [3.8, 4) is 6.07 Å². The molecule has 0 amide bonds. The summed E-state index contributed by atoms with van der Waals surface area (Å²) < 4.78 is 2.53. The van der Waals surface area contributed by atoms with Gasteiger partial charge in [-0.05, 0) is 28.1 Å². The van der Waals surface area contributed by atoms with Gasteiger partial charge in [0, 0.05) is 0 Å². The van der Waals surface area contributed by atoms with Crippen LogP contribution >= 0.6 is 15.9 Å². The zero-order valence-corrected chi connectivity index (χ0v) is 7.62. The average molecular weight is 222 g/mol. The number of nitriles is 1. The van der Waals surface area contributed by atoms with Gasteiger partial charge in [0.2, 0.25) is 0 Å². The van der Waals surface area contributed by atoms with Gasteiger partial charge in [-0.1, -0.05) is 6.07 Å². The molecular formula is C8H4BrN3. The van der Waals surface area contributed by atoms with Crippen molar-refractivity contribution in [1.82, 2.24) is 9.61 Å². The SMILES string of the molecule is N#Cc1cnn2c(Br)cccc12. The Balaban J connectivity index is 2.91. The smallest absolute Gasteiger partial charge is 0.108 e. The first-order valence-corrected chi connectivity index (χ1v) is 4.14. The summed E-state index contributed by atoms with van der Waals surface area (Å²) in [6.07, 6.45) is 1.56. The predicted octanol–water partition coefficient (Wildman–Crippen LogP) is 1.97. The van der Waals surface area contributed by atoms with Gasteiger partial charge in [0.1, 0.15) is 10.7 Å². The summed E-state index contributed by atoms with van der Waals surface area (Å²) in [7, 11) is 0. The molecule has 0 saturated carbocycles. The minimum absolute atomic E-state index is 0.594. The van der Waals surface area contributed by atoms with Crippen LogP contribution in [0.3, 0.4) is 0 Å². The quantitative estimate of drug-likeness (QED) is 0.639. The first-order valence-electron chi connectivity index (χ1n) is 3.35. The highest BCUT2D eigenvalue weighted by atomic mass is 79.9. The van der Waals surface area contributed by atoms with Crippen molar-refractivity contribution < 1.29 is 0 Å². The fraction of sp³-hybridized carbons (Fsp3) is 0. The minimum atomic E-state index is 0.594. The number of halogens is 1. The molecule has 58 valence electrons. The van der Waals surface area contributed by atoms with Crippen molar-refractivity contribution in [2.45, 2.75) is 0 Å². The third-order valence-electron chi connectivity index (χ3n) is 1.62. The van der Waals surface area contributed by atoms with E-state index in [4.69, 9.17) is 5.26 Å². The van der Waals surface area contributed by atoms with E-state index in [-0.39, 0.29) is 0 Å². The summed E-state index contributed by atoms with van der Waals surface area (Å²) in [5.41, 5.74) is 1.42. The van der Waals surface area contributed by atoms with Gasteiger partial charge in [-0.15, -0.1) is 0 Å². The maximum atomic E-state index is 8.70. The van der Waals surface area contributed by atoms with Gasteiger partial charge in [0.05, 0.1) is 17.3 Å². The fourth-order valence-corrected chi connectivity index (χ4v) is 1.50. The average Bonchev–Trinajstić information content (AvgIpc) is 2.49. The Labute approximate surface area is 77.4 Å². The van der Waals surface area contributed by atoms with Crippen molar-refractivity contribution in [3.63, 3.8) is 0 Å². The molecule has 0 unspecified atom stereocenters. The van der Waals surface area contributed by atoms with Crippen LogP contribution in [0.2, 0.25) is 0 Å². The number of nitrogens with zero attached hydrogens (tertiary/aromatic N) is 3. The van der Waals surface area contributed by atoms with Crippen LogP contribution in [0, 0.1) is 11.3 Å². The molecule has 0 aliphatic carbocycles. The zero-order chi connectivity index (χ0) is 8.55. The number of pyridine rings is 1. The number of rotatable bonds is 0. The third kappa shape index (κ3) is 0.908. The molecule has 2 heterocycles. The monoisotopic (exact) mass is 221 g/mol. The molecular weight excluding hydrogens is 218 g/mol. The van der Waals surface area contributed by atoms with Gasteiger partial charge in [-0.2, -0.15) is 10.4 Å². The van der Waals surface area contributed by atoms with E-state index >= 15 is 0 Å². The van der Waals surface area contributed by atoms with E-state index in [2.05, 4.69) is 27.1 Å². The molecule has 0 aliphatic rings. The third-order valence-corrected chi connectivity index (χ3v) is 2.22. The van der Waals surface area contributed by atoms with Gasteiger partial charge in [-0.3, -0.25) is 0 Å². The van der Waals surface area contributed by atoms with Crippen LogP contribution in [0.5, 0.6) is 0 Å². The summed E-state index contributed by atoms with van der Waals surface area (Å²) in [6, 6.07) is 7.68. The lowest BCUT2D eigenvalue weighted by molar-refractivity contribution is 0.935. The highest BCUT2D eigenvalue weighted by Crippen LogP contribution is 2.15. The largest absolute Gasteiger partial charge is 0.225 e. The van der Waals surface area contributed by atoms with Crippen LogP contribution in [0.1, 0.15) is 5.56 Å². The molecule has 3 nitrogen and oxygen atoms in total. The Morgan fingerprint density at radius 3 is 3.08 bits per heavy atom. The van der Waals surface area contributed by atoms with Crippen LogP contribution < -0.4 is 0 Å². The van der Waals surface area contributed by atoms with Gasteiger partial charge in [0.25, 0.3) is 0 Å². The van der Waals surface area contributed by atoms with Crippen molar-refractivity contribution in [1.29, 1.82) is 5.26 Å². The number of fused-ring (bicyclic) bond motifs is 1. The molecule has 0 spiro atoms. The second-order valence-corrected chi connectivity index (χ2v) is 3.13. The highest BCUT2D eigenvalue weighted by molar-refractivity contribution is 9.10. The number of hydrogen-bond acceptors (Lipinski definition) is 2. The minimum Gasteiger partial charge on any atom is -0.225 e. The Morgan fingerprint density at radius 2 is 2.33 bits per heavy atom. The van der Waals surface area contributed by atoms with E-state index in [9.17, 15) is 0 Å². The maximum absolute atomic E-state index is 8.70. The highest BCUT2D eigenvalue weighted by Gasteiger charge is 2.03. The lowest BCUT2D eigenvalue weighted by atomic mass is 10.3.